The highest BCUT2D eigenvalue weighted by Gasteiger charge is 2.04. The molecule has 0 aromatic heterocycles. The summed E-state index contributed by atoms with van der Waals surface area (Å²) in [6.07, 6.45) is 0. The minimum Gasteiger partial charge on any atom is -0.495 e. The Labute approximate surface area is 126 Å². The summed E-state index contributed by atoms with van der Waals surface area (Å²) in [7, 11) is 1.68. The summed E-state index contributed by atoms with van der Waals surface area (Å²) < 4.78 is 6.27. The van der Waals surface area contributed by atoms with Crippen molar-refractivity contribution in [1.29, 1.82) is 0 Å². The lowest BCUT2D eigenvalue weighted by atomic mass is 10.2. The van der Waals surface area contributed by atoms with E-state index in [0.29, 0.717) is 6.54 Å². The Hall–Kier alpha value is -1.19. The Morgan fingerprint density at radius 3 is 2.68 bits per heavy atom. The number of halogens is 2. The van der Waals surface area contributed by atoms with E-state index in [-0.39, 0.29) is 0 Å². The van der Waals surface area contributed by atoms with Crippen molar-refractivity contribution < 1.29 is 4.74 Å². The zero-order chi connectivity index (χ0) is 13.8. The molecule has 2 aromatic rings. The number of hydrogen-bond donors (Lipinski definition) is 1. The number of methoxy groups -OCH3 is 1. The molecule has 19 heavy (non-hydrogen) atoms. The van der Waals surface area contributed by atoms with Crippen LogP contribution in [0.4, 0.5) is 5.69 Å². The van der Waals surface area contributed by atoms with Crippen LogP contribution >= 0.6 is 27.5 Å². The molecule has 0 aliphatic rings. The first-order valence-electron chi connectivity index (χ1n) is 5.92. The first kappa shape index (κ1) is 14.2. The molecule has 0 atom stereocenters. The van der Waals surface area contributed by atoms with E-state index in [1.807, 2.05) is 37.3 Å². The summed E-state index contributed by atoms with van der Waals surface area (Å²) in [5, 5.41) is 4.07. The van der Waals surface area contributed by atoms with Crippen molar-refractivity contribution in [3.63, 3.8) is 0 Å². The Kier molecular flexibility index (Phi) is 4.72. The van der Waals surface area contributed by atoms with Crippen molar-refractivity contribution in [2.45, 2.75) is 13.5 Å². The van der Waals surface area contributed by atoms with Crippen LogP contribution in [0.15, 0.2) is 40.9 Å². The number of ether oxygens (including phenoxy) is 1. The molecule has 0 aliphatic carbocycles. The predicted molar refractivity (Wildman–Crippen MR) is 84.2 cm³/mol. The quantitative estimate of drug-likeness (QED) is 0.842. The fraction of sp³-hybridized carbons (Fsp3) is 0.200. The first-order valence-corrected chi connectivity index (χ1v) is 7.09. The molecule has 1 N–H and O–H groups in total. The van der Waals surface area contributed by atoms with Gasteiger partial charge in [0.2, 0.25) is 0 Å². The van der Waals surface area contributed by atoms with Crippen molar-refractivity contribution in [1.82, 2.24) is 0 Å². The van der Waals surface area contributed by atoms with Gasteiger partial charge in [-0.25, -0.2) is 0 Å². The third-order valence-electron chi connectivity index (χ3n) is 2.82. The van der Waals surface area contributed by atoms with Crippen LogP contribution < -0.4 is 10.1 Å². The van der Waals surface area contributed by atoms with E-state index >= 15 is 0 Å². The molecule has 0 saturated heterocycles. The number of anilines is 1. The third kappa shape index (κ3) is 3.64. The standard InChI is InChI=1S/C15H15BrClNO/c1-10-3-6-14(15(7-10)19-2)18-9-11-4-5-12(16)13(17)8-11/h3-8,18H,9H2,1-2H3. The highest BCUT2D eigenvalue weighted by molar-refractivity contribution is 9.10. The fourth-order valence-electron chi connectivity index (χ4n) is 1.79. The molecule has 0 fully saturated rings. The molecular formula is C15H15BrClNO. The second-order valence-corrected chi connectivity index (χ2v) is 5.57. The lowest BCUT2D eigenvalue weighted by Crippen LogP contribution is -2.01. The summed E-state index contributed by atoms with van der Waals surface area (Å²) in [5.41, 5.74) is 3.28. The summed E-state index contributed by atoms with van der Waals surface area (Å²) in [4.78, 5) is 0. The Morgan fingerprint density at radius 2 is 2.00 bits per heavy atom. The molecule has 2 aromatic carbocycles. The molecule has 0 bridgehead atoms. The van der Waals surface area contributed by atoms with Gasteiger partial charge in [0, 0.05) is 11.0 Å². The van der Waals surface area contributed by atoms with Crippen LogP contribution in [0.3, 0.4) is 0 Å². The number of aryl methyl sites for hydroxylation is 1. The average molecular weight is 341 g/mol. The Bertz CT molecular complexity index is 586. The molecule has 2 rings (SSSR count). The molecule has 2 nitrogen and oxygen atoms in total. The van der Waals surface area contributed by atoms with Gasteiger partial charge in [-0.2, -0.15) is 0 Å². The number of rotatable bonds is 4. The normalized spacial score (nSPS) is 10.3. The van der Waals surface area contributed by atoms with Crippen molar-refractivity contribution >= 4 is 33.2 Å². The summed E-state index contributed by atoms with van der Waals surface area (Å²) in [5.74, 6) is 0.850. The highest BCUT2D eigenvalue weighted by Crippen LogP contribution is 2.27. The third-order valence-corrected chi connectivity index (χ3v) is 4.06. The van der Waals surface area contributed by atoms with Gasteiger partial charge in [0.05, 0.1) is 17.8 Å². The lowest BCUT2D eigenvalue weighted by Gasteiger charge is -2.12. The molecule has 0 saturated carbocycles. The molecule has 0 amide bonds. The van der Waals surface area contributed by atoms with Crippen LogP contribution in [0.5, 0.6) is 5.75 Å². The van der Waals surface area contributed by atoms with Crippen LogP contribution in [0.1, 0.15) is 11.1 Å². The van der Waals surface area contributed by atoms with Crippen molar-refractivity contribution in [2.75, 3.05) is 12.4 Å². The highest BCUT2D eigenvalue weighted by atomic mass is 79.9. The van der Waals surface area contributed by atoms with Gasteiger partial charge in [-0.05, 0) is 58.2 Å². The van der Waals surface area contributed by atoms with E-state index in [9.17, 15) is 0 Å². The van der Waals surface area contributed by atoms with E-state index in [1.165, 1.54) is 5.56 Å². The largest absolute Gasteiger partial charge is 0.495 e. The number of benzene rings is 2. The second-order valence-electron chi connectivity index (χ2n) is 4.31. The van der Waals surface area contributed by atoms with Gasteiger partial charge in [0.15, 0.2) is 0 Å². The average Bonchev–Trinajstić information content (AvgIpc) is 2.41. The van der Waals surface area contributed by atoms with Gasteiger partial charge in [-0.3, -0.25) is 0 Å². The maximum absolute atomic E-state index is 6.08. The Balaban J connectivity index is 2.12. The van der Waals surface area contributed by atoms with Crippen LogP contribution in [-0.2, 0) is 6.54 Å². The topological polar surface area (TPSA) is 21.3 Å². The van der Waals surface area contributed by atoms with Gasteiger partial charge in [0.25, 0.3) is 0 Å². The molecule has 0 heterocycles. The Morgan fingerprint density at radius 1 is 1.21 bits per heavy atom. The monoisotopic (exact) mass is 339 g/mol. The maximum Gasteiger partial charge on any atom is 0.142 e. The molecule has 100 valence electrons. The maximum atomic E-state index is 6.08. The minimum atomic E-state index is 0.701. The van der Waals surface area contributed by atoms with Crippen LogP contribution in [0.25, 0.3) is 0 Å². The van der Waals surface area contributed by atoms with Gasteiger partial charge < -0.3 is 10.1 Å². The molecule has 0 spiro atoms. The SMILES string of the molecule is COc1cc(C)ccc1NCc1ccc(Br)c(Cl)c1. The van der Waals surface area contributed by atoms with Crippen LogP contribution in [0.2, 0.25) is 5.02 Å². The minimum absolute atomic E-state index is 0.701. The van der Waals surface area contributed by atoms with E-state index in [4.69, 9.17) is 16.3 Å². The number of nitrogens with one attached hydrogen (secondary N) is 1. The number of hydrogen-bond acceptors (Lipinski definition) is 2. The van der Waals surface area contributed by atoms with Gasteiger partial charge in [-0.15, -0.1) is 0 Å². The smallest absolute Gasteiger partial charge is 0.142 e. The predicted octanol–water partition coefficient (Wildman–Crippen LogP) is 5.03. The zero-order valence-electron chi connectivity index (χ0n) is 10.8. The first-order chi connectivity index (χ1) is 9.10. The molecule has 4 heteroatoms. The van der Waals surface area contributed by atoms with E-state index in [0.717, 1.165) is 26.5 Å². The van der Waals surface area contributed by atoms with Gasteiger partial charge >= 0.3 is 0 Å². The van der Waals surface area contributed by atoms with Crippen LogP contribution in [-0.4, -0.2) is 7.11 Å². The van der Waals surface area contributed by atoms with Crippen molar-refractivity contribution in [3.05, 3.63) is 57.0 Å². The van der Waals surface area contributed by atoms with Crippen LogP contribution in [0, 0.1) is 6.92 Å². The second kappa shape index (κ2) is 6.31. The van der Waals surface area contributed by atoms with Gasteiger partial charge in [0.1, 0.15) is 5.75 Å². The summed E-state index contributed by atoms with van der Waals surface area (Å²) in [6, 6.07) is 12.0. The fourth-order valence-corrected chi connectivity index (χ4v) is 2.24. The van der Waals surface area contributed by atoms with E-state index < -0.39 is 0 Å². The van der Waals surface area contributed by atoms with E-state index in [2.05, 4.69) is 27.3 Å². The molecule has 0 aliphatic heterocycles. The molecule has 0 radical (unpaired) electrons. The molecule has 0 unspecified atom stereocenters. The molecular weight excluding hydrogens is 326 g/mol. The van der Waals surface area contributed by atoms with Crippen molar-refractivity contribution in [2.24, 2.45) is 0 Å². The summed E-state index contributed by atoms with van der Waals surface area (Å²) in [6.45, 7) is 2.74. The lowest BCUT2D eigenvalue weighted by molar-refractivity contribution is 0.416. The van der Waals surface area contributed by atoms with E-state index in [1.54, 1.807) is 7.11 Å². The van der Waals surface area contributed by atoms with Crippen molar-refractivity contribution in [3.8, 4) is 5.75 Å². The zero-order valence-corrected chi connectivity index (χ0v) is 13.2. The summed E-state index contributed by atoms with van der Waals surface area (Å²) >= 11 is 9.46. The van der Waals surface area contributed by atoms with Gasteiger partial charge in [-0.1, -0.05) is 23.7 Å².